The summed E-state index contributed by atoms with van der Waals surface area (Å²) in [5.41, 5.74) is 2.96. The van der Waals surface area contributed by atoms with Gasteiger partial charge >= 0.3 is 0 Å². The SMILES string of the molecule is COc1cccc(C2=C[C@H](c3cccc(OC)c3)n3nnnc3N2)c1. The molecule has 0 aliphatic carbocycles. The largest absolute Gasteiger partial charge is 0.497 e. The number of tetrazole rings is 1. The van der Waals surface area contributed by atoms with Gasteiger partial charge in [0.2, 0.25) is 5.95 Å². The maximum Gasteiger partial charge on any atom is 0.248 e. The van der Waals surface area contributed by atoms with Crippen LogP contribution >= 0.6 is 0 Å². The molecule has 1 aliphatic rings. The van der Waals surface area contributed by atoms with Gasteiger partial charge in [0.25, 0.3) is 0 Å². The molecule has 0 saturated carbocycles. The van der Waals surface area contributed by atoms with Gasteiger partial charge in [-0.3, -0.25) is 0 Å². The second kappa shape index (κ2) is 6.27. The first kappa shape index (κ1) is 15.2. The molecule has 2 heterocycles. The van der Waals surface area contributed by atoms with Crippen LogP contribution in [0.5, 0.6) is 11.5 Å². The lowest BCUT2D eigenvalue weighted by Gasteiger charge is -2.24. The van der Waals surface area contributed by atoms with Crippen LogP contribution in [0.15, 0.2) is 54.6 Å². The minimum atomic E-state index is -0.137. The van der Waals surface area contributed by atoms with E-state index < -0.39 is 0 Å². The van der Waals surface area contributed by atoms with Crippen LogP contribution in [0.2, 0.25) is 0 Å². The normalized spacial score (nSPS) is 15.8. The highest BCUT2D eigenvalue weighted by atomic mass is 16.5. The fraction of sp³-hybridized carbons (Fsp3) is 0.167. The van der Waals surface area contributed by atoms with E-state index in [0.717, 1.165) is 28.3 Å². The third-order valence-corrected chi connectivity index (χ3v) is 4.14. The van der Waals surface area contributed by atoms with Crippen LogP contribution in [0.3, 0.4) is 0 Å². The molecule has 1 atom stereocenters. The molecule has 25 heavy (non-hydrogen) atoms. The maximum absolute atomic E-state index is 5.34. The molecule has 0 saturated heterocycles. The summed E-state index contributed by atoms with van der Waals surface area (Å²) in [6.45, 7) is 0. The van der Waals surface area contributed by atoms with Crippen molar-refractivity contribution in [2.45, 2.75) is 6.04 Å². The van der Waals surface area contributed by atoms with E-state index in [-0.39, 0.29) is 6.04 Å². The molecule has 0 unspecified atom stereocenters. The number of rotatable bonds is 4. The third kappa shape index (κ3) is 2.80. The molecule has 4 rings (SSSR count). The summed E-state index contributed by atoms with van der Waals surface area (Å²) in [7, 11) is 3.31. The zero-order valence-electron chi connectivity index (χ0n) is 13.9. The molecule has 1 N–H and O–H groups in total. The molecule has 0 radical (unpaired) electrons. The van der Waals surface area contributed by atoms with Crippen LogP contribution in [0.4, 0.5) is 5.95 Å². The van der Waals surface area contributed by atoms with E-state index in [4.69, 9.17) is 9.47 Å². The highest BCUT2D eigenvalue weighted by Gasteiger charge is 2.24. The summed E-state index contributed by atoms with van der Waals surface area (Å²) >= 11 is 0. The monoisotopic (exact) mass is 335 g/mol. The second-order valence-corrected chi connectivity index (χ2v) is 5.61. The number of aromatic nitrogens is 4. The predicted octanol–water partition coefficient (Wildman–Crippen LogP) is 2.75. The fourth-order valence-electron chi connectivity index (χ4n) is 2.88. The zero-order chi connectivity index (χ0) is 17.2. The quantitative estimate of drug-likeness (QED) is 0.790. The zero-order valence-corrected chi connectivity index (χ0v) is 13.9. The number of nitrogens with zero attached hydrogens (tertiary/aromatic N) is 4. The Morgan fingerprint density at radius 2 is 1.76 bits per heavy atom. The smallest absolute Gasteiger partial charge is 0.248 e. The van der Waals surface area contributed by atoms with Gasteiger partial charge in [-0.1, -0.05) is 29.4 Å². The average molecular weight is 335 g/mol. The molecule has 0 fully saturated rings. The molecule has 3 aromatic rings. The first-order valence-corrected chi connectivity index (χ1v) is 7.83. The van der Waals surface area contributed by atoms with Crippen molar-refractivity contribution in [3.05, 3.63) is 65.7 Å². The van der Waals surface area contributed by atoms with Crippen molar-refractivity contribution in [1.29, 1.82) is 0 Å². The van der Waals surface area contributed by atoms with Gasteiger partial charge in [-0.25, -0.2) is 0 Å². The predicted molar refractivity (Wildman–Crippen MR) is 93.5 cm³/mol. The van der Waals surface area contributed by atoms with E-state index in [2.05, 4.69) is 26.9 Å². The summed E-state index contributed by atoms with van der Waals surface area (Å²) in [5.74, 6) is 2.18. The van der Waals surface area contributed by atoms with Gasteiger partial charge in [-0.2, -0.15) is 4.68 Å². The number of fused-ring (bicyclic) bond motifs is 1. The first-order chi connectivity index (χ1) is 12.3. The first-order valence-electron chi connectivity index (χ1n) is 7.83. The number of benzene rings is 2. The number of methoxy groups -OCH3 is 2. The molecular formula is C18H17N5O2. The molecule has 0 spiro atoms. The summed E-state index contributed by atoms with van der Waals surface area (Å²) in [4.78, 5) is 0. The molecule has 1 aliphatic heterocycles. The van der Waals surface area contributed by atoms with Crippen molar-refractivity contribution in [2.24, 2.45) is 0 Å². The van der Waals surface area contributed by atoms with Crippen molar-refractivity contribution in [2.75, 3.05) is 19.5 Å². The van der Waals surface area contributed by atoms with E-state index in [0.29, 0.717) is 5.95 Å². The Bertz CT molecular complexity index is 934. The highest BCUT2D eigenvalue weighted by Crippen LogP contribution is 2.33. The standard InChI is InChI=1S/C18H17N5O2/c1-24-14-7-3-5-12(9-14)16-11-17(23-18(19-16)20-21-22-23)13-6-4-8-15(10-13)25-2/h3-11,17H,1-2H3,(H,19,20,22)/t17-/m1/s1. The summed E-state index contributed by atoms with van der Waals surface area (Å²) in [5, 5.41) is 15.3. The number of nitrogens with one attached hydrogen (secondary N) is 1. The van der Waals surface area contributed by atoms with Gasteiger partial charge in [0.15, 0.2) is 0 Å². The molecule has 7 nitrogen and oxygen atoms in total. The minimum absolute atomic E-state index is 0.137. The van der Waals surface area contributed by atoms with Crippen LogP contribution < -0.4 is 14.8 Å². The van der Waals surface area contributed by atoms with E-state index in [9.17, 15) is 0 Å². The van der Waals surface area contributed by atoms with Gasteiger partial charge < -0.3 is 14.8 Å². The number of hydrogen-bond acceptors (Lipinski definition) is 6. The van der Waals surface area contributed by atoms with Crippen molar-refractivity contribution in [1.82, 2.24) is 20.2 Å². The summed E-state index contributed by atoms with van der Waals surface area (Å²) in [6.07, 6.45) is 2.09. The average Bonchev–Trinajstić information content (AvgIpc) is 3.16. The van der Waals surface area contributed by atoms with E-state index >= 15 is 0 Å². The number of hydrogen-bond donors (Lipinski definition) is 1. The lowest BCUT2D eigenvalue weighted by atomic mass is 10.0. The fourth-order valence-corrected chi connectivity index (χ4v) is 2.88. The Morgan fingerprint density at radius 1 is 1.00 bits per heavy atom. The van der Waals surface area contributed by atoms with E-state index in [1.165, 1.54) is 0 Å². The van der Waals surface area contributed by atoms with Gasteiger partial charge in [0.05, 0.1) is 14.2 Å². The Hall–Kier alpha value is -3.35. The van der Waals surface area contributed by atoms with Crippen LogP contribution in [-0.2, 0) is 0 Å². The Kier molecular flexibility index (Phi) is 3.81. The lowest BCUT2D eigenvalue weighted by molar-refractivity contribution is 0.413. The third-order valence-electron chi connectivity index (χ3n) is 4.14. The van der Waals surface area contributed by atoms with Crippen LogP contribution in [0.25, 0.3) is 5.70 Å². The topological polar surface area (TPSA) is 74.1 Å². The molecule has 2 aromatic carbocycles. The van der Waals surface area contributed by atoms with E-state index in [1.54, 1.807) is 18.9 Å². The van der Waals surface area contributed by atoms with E-state index in [1.807, 2.05) is 48.5 Å². The van der Waals surface area contributed by atoms with Crippen molar-refractivity contribution >= 4 is 11.6 Å². The van der Waals surface area contributed by atoms with Crippen molar-refractivity contribution in [3.63, 3.8) is 0 Å². The van der Waals surface area contributed by atoms with Gasteiger partial charge in [0, 0.05) is 11.3 Å². The number of anilines is 1. The second-order valence-electron chi connectivity index (χ2n) is 5.61. The summed E-state index contributed by atoms with van der Waals surface area (Å²) in [6, 6.07) is 15.6. The van der Waals surface area contributed by atoms with Gasteiger partial charge in [-0.05, 0) is 46.3 Å². The number of ether oxygens (including phenoxy) is 2. The van der Waals surface area contributed by atoms with Crippen LogP contribution in [-0.4, -0.2) is 34.4 Å². The van der Waals surface area contributed by atoms with Gasteiger partial charge in [-0.15, -0.1) is 0 Å². The Labute approximate surface area is 144 Å². The molecule has 0 amide bonds. The molecular weight excluding hydrogens is 318 g/mol. The van der Waals surface area contributed by atoms with Crippen LogP contribution in [0, 0.1) is 0 Å². The Balaban J connectivity index is 1.80. The molecule has 7 heteroatoms. The maximum atomic E-state index is 5.34. The summed E-state index contributed by atoms with van der Waals surface area (Å²) < 4.78 is 12.4. The number of allylic oxidation sites excluding steroid dienone is 1. The molecule has 0 bridgehead atoms. The molecule has 126 valence electrons. The van der Waals surface area contributed by atoms with Crippen molar-refractivity contribution < 1.29 is 9.47 Å². The van der Waals surface area contributed by atoms with Gasteiger partial charge in [0.1, 0.15) is 17.5 Å². The van der Waals surface area contributed by atoms with Crippen LogP contribution in [0.1, 0.15) is 17.2 Å². The molecule has 1 aromatic heterocycles. The Morgan fingerprint density at radius 3 is 2.56 bits per heavy atom. The highest BCUT2D eigenvalue weighted by molar-refractivity contribution is 5.77. The van der Waals surface area contributed by atoms with Crippen molar-refractivity contribution in [3.8, 4) is 11.5 Å². The lowest BCUT2D eigenvalue weighted by Crippen LogP contribution is -2.20. The minimum Gasteiger partial charge on any atom is -0.497 e.